The summed E-state index contributed by atoms with van der Waals surface area (Å²) in [7, 11) is 3.69. The maximum Gasteiger partial charge on any atom is 0.224 e. The highest BCUT2D eigenvalue weighted by Gasteiger charge is 2.55. The molecular formula is C39H62N2O20S2. The van der Waals surface area contributed by atoms with E-state index in [0.717, 1.165) is 31.9 Å². The van der Waals surface area contributed by atoms with Crippen molar-refractivity contribution < 1.29 is 99.3 Å². The molecule has 1 aromatic rings. The minimum absolute atomic E-state index is 0.169. The number of hydrogen-bond donors (Lipinski definition) is 14. The zero-order valence-electron chi connectivity index (χ0n) is 34.7. The lowest BCUT2D eigenvalue weighted by molar-refractivity contribution is -0.374. The molecule has 20 atom stereocenters. The molecule has 24 heteroatoms. The summed E-state index contributed by atoms with van der Waals surface area (Å²) in [6, 6.07) is 5.00. The summed E-state index contributed by atoms with van der Waals surface area (Å²) < 4.78 is 34.9. The molecule has 0 saturated carbocycles. The van der Waals surface area contributed by atoms with Gasteiger partial charge in [0, 0.05) is 36.5 Å². The molecule has 1 unspecified atom stereocenters. The van der Waals surface area contributed by atoms with Crippen LogP contribution in [0.1, 0.15) is 45.1 Å². The molecule has 0 aliphatic carbocycles. The Morgan fingerprint density at radius 1 is 0.810 bits per heavy atom. The molecule has 22 nitrogen and oxygen atoms in total. The van der Waals surface area contributed by atoms with Crippen molar-refractivity contribution >= 4 is 39.1 Å². The number of anilines is 1. The van der Waals surface area contributed by atoms with Gasteiger partial charge in [0.15, 0.2) is 18.9 Å². The van der Waals surface area contributed by atoms with Crippen molar-refractivity contribution in [3.05, 3.63) is 29.8 Å². The van der Waals surface area contributed by atoms with Crippen LogP contribution in [-0.4, -0.2) is 220 Å². The second-order valence-electron chi connectivity index (χ2n) is 16.2. The molecule has 4 heterocycles. The number of aliphatic hydroxyl groups is 12. The quantitative estimate of drug-likeness (QED) is 0.0549. The zero-order valence-corrected chi connectivity index (χ0v) is 36.3. The number of ether oxygens (including phenoxy) is 6. The average Bonchev–Trinajstić information content (AvgIpc) is 3.78. The molecule has 4 aliphatic rings. The van der Waals surface area contributed by atoms with Gasteiger partial charge in [-0.05, 0) is 43.9 Å². The normalized spacial score (nSPS) is 38.1. The molecule has 0 radical (unpaired) electrons. The van der Waals surface area contributed by atoms with Gasteiger partial charge in [-0.1, -0.05) is 33.7 Å². The Bertz CT molecular complexity index is 1590. The maximum atomic E-state index is 12.6. The minimum Gasteiger partial charge on any atom is -0.394 e. The smallest absolute Gasteiger partial charge is 0.224 e. The van der Waals surface area contributed by atoms with Gasteiger partial charge in [0.05, 0.1) is 32.0 Å². The summed E-state index contributed by atoms with van der Waals surface area (Å²) in [5, 5.41) is 133. The van der Waals surface area contributed by atoms with E-state index >= 15 is 0 Å². The van der Waals surface area contributed by atoms with Crippen LogP contribution in [0.25, 0.3) is 0 Å². The predicted octanol–water partition coefficient (Wildman–Crippen LogP) is -4.43. The van der Waals surface area contributed by atoms with E-state index in [0.29, 0.717) is 22.9 Å². The SMILES string of the molecule is CC(=O)N[C@H]1[C@H](OC[C@@H](O)[C@@H](O)[C@H](O)[C@@H](O)Cc2cccc(NC(=O)CCCC3CCSS3)c2)O[C@H](CO)[C@@H](O[C@@H]2O[C@H](CO)[C@H](O)[C@H](O)[C@H]2O)[C@@H]1O[C@@H]1O[C@@H](C)[C@H](O)[C@@H](O)[C@H]1O. The number of benzene rings is 1. The molecular weight excluding hydrogens is 881 g/mol. The first-order chi connectivity index (χ1) is 29.9. The van der Waals surface area contributed by atoms with E-state index in [-0.39, 0.29) is 12.3 Å². The van der Waals surface area contributed by atoms with Crippen LogP contribution in [0.2, 0.25) is 0 Å². The fourth-order valence-electron chi connectivity index (χ4n) is 7.69. The van der Waals surface area contributed by atoms with Gasteiger partial charge in [-0.25, -0.2) is 0 Å². The monoisotopic (exact) mass is 942 g/mol. The van der Waals surface area contributed by atoms with Gasteiger partial charge < -0.3 is 100 Å². The molecule has 4 fully saturated rings. The van der Waals surface area contributed by atoms with Crippen LogP contribution in [-0.2, 0) is 44.4 Å². The minimum atomic E-state index is -2.04. The largest absolute Gasteiger partial charge is 0.394 e. The number of hydrogen-bond acceptors (Lipinski definition) is 22. The molecule has 63 heavy (non-hydrogen) atoms. The molecule has 4 saturated heterocycles. The Labute approximate surface area is 371 Å². The van der Waals surface area contributed by atoms with Crippen LogP contribution >= 0.6 is 21.6 Å². The summed E-state index contributed by atoms with van der Waals surface area (Å²) in [6.07, 6.45) is -28.3. The number of aliphatic hydroxyl groups excluding tert-OH is 12. The van der Waals surface area contributed by atoms with Crippen molar-refractivity contribution in [2.24, 2.45) is 0 Å². The van der Waals surface area contributed by atoms with Gasteiger partial charge in [-0.2, -0.15) is 0 Å². The van der Waals surface area contributed by atoms with E-state index in [1.807, 2.05) is 21.6 Å². The first-order valence-electron chi connectivity index (χ1n) is 20.8. The van der Waals surface area contributed by atoms with Crippen LogP contribution in [0.15, 0.2) is 24.3 Å². The Morgan fingerprint density at radius 2 is 1.44 bits per heavy atom. The number of carbonyl (C=O) groups is 2. The Balaban J connectivity index is 1.27. The summed E-state index contributed by atoms with van der Waals surface area (Å²) in [5.41, 5.74) is 0.966. The number of rotatable bonds is 20. The standard InChI is InChI=1S/C39H62N2O20S2/c1-16-27(48)31(52)33(54)38(57-16)61-36-26(40-17(2)44)37(59-24(14-43)35(36)60-39-34(55)32(53)30(51)23(13-42)58-39)56-15-22(46)29(50)28(49)21(45)12-18-5-3-6-19(11-18)41-25(47)8-4-7-20-9-10-62-63-20/h3,5-6,11,16,20-24,26-39,42-43,45-46,48-55H,4,7-10,12-15H2,1-2H3,(H,40,44)(H,41,47)/t16-,20?,21-,22+,23+,24+,26+,27-,28+,29+,30-,31+,32-,33+,34+,35+,36+,37+,38-,39-/m0/s1. The second-order valence-corrected chi connectivity index (χ2v) is 18.9. The van der Waals surface area contributed by atoms with E-state index in [1.54, 1.807) is 24.3 Å². The van der Waals surface area contributed by atoms with Crippen molar-refractivity contribution in [2.45, 2.75) is 168 Å². The van der Waals surface area contributed by atoms with Crippen molar-refractivity contribution in [2.75, 3.05) is 30.9 Å². The maximum absolute atomic E-state index is 12.6. The molecule has 4 aliphatic heterocycles. The lowest BCUT2D eigenvalue weighted by Crippen LogP contribution is -2.70. The van der Waals surface area contributed by atoms with Gasteiger partial charge >= 0.3 is 0 Å². The van der Waals surface area contributed by atoms with E-state index in [2.05, 4.69) is 10.6 Å². The first-order valence-corrected chi connectivity index (χ1v) is 23.2. The van der Waals surface area contributed by atoms with Crippen LogP contribution in [0, 0.1) is 0 Å². The lowest BCUT2D eigenvalue weighted by atomic mass is 9.94. The third kappa shape index (κ3) is 13.6. The third-order valence-corrected chi connectivity index (χ3v) is 14.3. The zero-order chi connectivity index (χ0) is 46.1. The fourth-order valence-corrected chi connectivity index (χ4v) is 10.7. The Hall–Kier alpha value is -1.86. The van der Waals surface area contributed by atoms with E-state index in [4.69, 9.17) is 28.4 Å². The van der Waals surface area contributed by atoms with Crippen molar-refractivity contribution in [1.29, 1.82) is 0 Å². The Morgan fingerprint density at radius 3 is 2.10 bits per heavy atom. The van der Waals surface area contributed by atoms with Crippen LogP contribution in [0.4, 0.5) is 5.69 Å². The molecule has 14 N–H and O–H groups in total. The van der Waals surface area contributed by atoms with Gasteiger partial charge in [-0.3, -0.25) is 9.59 Å². The van der Waals surface area contributed by atoms with Crippen LogP contribution in [0.3, 0.4) is 0 Å². The summed E-state index contributed by atoms with van der Waals surface area (Å²) in [4.78, 5) is 25.2. The van der Waals surface area contributed by atoms with Crippen molar-refractivity contribution in [3.63, 3.8) is 0 Å². The van der Waals surface area contributed by atoms with Gasteiger partial charge in [0.2, 0.25) is 11.8 Å². The van der Waals surface area contributed by atoms with Gasteiger partial charge in [0.1, 0.15) is 85.4 Å². The highest BCUT2D eigenvalue weighted by molar-refractivity contribution is 8.77. The summed E-state index contributed by atoms with van der Waals surface area (Å²) in [6.45, 7) is -0.140. The van der Waals surface area contributed by atoms with E-state index < -0.39 is 142 Å². The number of carbonyl (C=O) groups excluding carboxylic acids is 2. The second kappa shape index (κ2) is 24.2. The van der Waals surface area contributed by atoms with Crippen LogP contribution in [0.5, 0.6) is 0 Å². The highest BCUT2D eigenvalue weighted by Crippen LogP contribution is 2.40. The topological polar surface area (TPSA) is 356 Å². The number of amides is 2. The Kier molecular flexibility index (Phi) is 20.1. The number of nitrogens with one attached hydrogen (secondary N) is 2. The summed E-state index contributed by atoms with van der Waals surface area (Å²) >= 11 is 0. The molecule has 0 spiro atoms. The third-order valence-electron chi connectivity index (χ3n) is 11.3. The molecule has 1 aromatic carbocycles. The summed E-state index contributed by atoms with van der Waals surface area (Å²) in [5.74, 6) is 0.201. The molecule has 0 aromatic heterocycles. The predicted molar refractivity (Wildman–Crippen MR) is 220 cm³/mol. The molecule has 5 rings (SSSR count). The fraction of sp³-hybridized carbons (Fsp3) is 0.795. The van der Waals surface area contributed by atoms with E-state index in [1.165, 1.54) is 6.92 Å². The van der Waals surface area contributed by atoms with E-state index in [9.17, 15) is 70.9 Å². The van der Waals surface area contributed by atoms with Crippen LogP contribution < -0.4 is 10.6 Å². The first kappa shape index (κ1) is 52.1. The molecule has 0 bridgehead atoms. The lowest BCUT2D eigenvalue weighted by Gasteiger charge is -2.50. The van der Waals surface area contributed by atoms with Crippen molar-refractivity contribution in [1.82, 2.24) is 5.32 Å². The highest BCUT2D eigenvalue weighted by atomic mass is 33.1. The van der Waals surface area contributed by atoms with Gasteiger partial charge in [-0.15, -0.1) is 0 Å². The molecule has 360 valence electrons. The average molecular weight is 943 g/mol. The molecule has 2 amide bonds. The van der Waals surface area contributed by atoms with Crippen molar-refractivity contribution in [3.8, 4) is 0 Å². The van der Waals surface area contributed by atoms with Gasteiger partial charge in [0.25, 0.3) is 0 Å².